The Kier molecular flexibility index (Phi) is 4.22. The van der Waals surface area contributed by atoms with Crippen LogP contribution >= 0.6 is 0 Å². The molecule has 4 heteroatoms. The Morgan fingerprint density at radius 1 is 0.786 bits per heavy atom. The summed E-state index contributed by atoms with van der Waals surface area (Å²) in [5, 5.41) is 1.14. The maximum absolute atomic E-state index is 2.81. The molecule has 2 heterocycles. The Balaban J connectivity index is 1.64. The summed E-state index contributed by atoms with van der Waals surface area (Å²) in [4.78, 5) is 0. The predicted molar refractivity (Wildman–Crippen MR) is 68.1 cm³/mol. The normalized spacial score (nSPS) is 28.9. The fourth-order valence-corrected chi connectivity index (χ4v) is 8.91. The SMILES string of the molecule is CC([SiH2]N1CCCC1)[SiH2]N1CCCC1. The molecule has 2 aliphatic rings. The lowest BCUT2D eigenvalue weighted by molar-refractivity contribution is 0.531. The molecule has 0 aliphatic carbocycles. The van der Waals surface area contributed by atoms with E-state index in [4.69, 9.17) is 0 Å². The lowest BCUT2D eigenvalue weighted by Crippen LogP contribution is -2.35. The highest BCUT2D eigenvalue weighted by Gasteiger charge is 2.19. The summed E-state index contributed by atoms with van der Waals surface area (Å²) in [7, 11) is 0.264. The summed E-state index contributed by atoms with van der Waals surface area (Å²) < 4.78 is 5.63. The van der Waals surface area contributed by atoms with E-state index in [1.165, 1.54) is 51.9 Å². The Hall–Kier alpha value is 0.354. The van der Waals surface area contributed by atoms with Gasteiger partial charge in [-0.1, -0.05) is 6.92 Å². The first-order valence-corrected chi connectivity index (χ1v) is 9.19. The molecule has 0 aromatic rings. The van der Waals surface area contributed by atoms with Crippen molar-refractivity contribution in [3.63, 3.8) is 0 Å². The van der Waals surface area contributed by atoms with Gasteiger partial charge in [-0.2, -0.15) is 0 Å². The Morgan fingerprint density at radius 2 is 1.14 bits per heavy atom. The second kappa shape index (κ2) is 5.44. The van der Waals surface area contributed by atoms with Gasteiger partial charge in [0, 0.05) is 0 Å². The molecule has 0 aromatic carbocycles. The van der Waals surface area contributed by atoms with E-state index in [9.17, 15) is 0 Å². The fourth-order valence-electron chi connectivity index (χ4n) is 2.87. The zero-order chi connectivity index (χ0) is 9.80. The smallest absolute Gasteiger partial charge is 0.0959 e. The van der Waals surface area contributed by atoms with Gasteiger partial charge in [0.25, 0.3) is 0 Å². The van der Waals surface area contributed by atoms with Crippen molar-refractivity contribution >= 4 is 19.4 Å². The standard InChI is InChI=1S/C10H24N2Si2/c1-10(13-11-6-2-3-7-11)14-12-8-4-5-9-12/h10H,2-9,13-14H2,1H3. The van der Waals surface area contributed by atoms with Crippen LogP contribution in [0.25, 0.3) is 0 Å². The van der Waals surface area contributed by atoms with Crippen LogP contribution in [0.3, 0.4) is 0 Å². The lowest BCUT2D eigenvalue weighted by Gasteiger charge is -2.23. The summed E-state index contributed by atoms with van der Waals surface area (Å²) in [5.41, 5.74) is 0. The van der Waals surface area contributed by atoms with Crippen molar-refractivity contribution in [3.8, 4) is 0 Å². The topological polar surface area (TPSA) is 6.48 Å². The van der Waals surface area contributed by atoms with E-state index < -0.39 is 0 Å². The molecule has 2 fully saturated rings. The fraction of sp³-hybridized carbons (Fsp3) is 1.00. The van der Waals surface area contributed by atoms with Gasteiger partial charge >= 0.3 is 0 Å². The van der Waals surface area contributed by atoms with Crippen LogP contribution in [0.5, 0.6) is 0 Å². The molecule has 0 unspecified atom stereocenters. The van der Waals surface area contributed by atoms with E-state index in [2.05, 4.69) is 16.1 Å². The van der Waals surface area contributed by atoms with Gasteiger partial charge in [-0.05, 0) is 57.0 Å². The summed E-state index contributed by atoms with van der Waals surface area (Å²) in [5.74, 6) is 0. The van der Waals surface area contributed by atoms with Crippen LogP contribution in [0.2, 0.25) is 5.16 Å². The van der Waals surface area contributed by atoms with Crippen LogP contribution in [0, 0.1) is 0 Å². The molecule has 0 aromatic heterocycles. The summed E-state index contributed by atoms with van der Waals surface area (Å²) in [6.45, 7) is 8.28. The van der Waals surface area contributed by atoms with Crippen LogP contribution in [0.1, 0.15) is 32.6 Å². The van der Waals surface area contributed by atoms with Crippen molar-refractivity contribution in [1.82, 2.24) is 9.13 Å². The predicted octanol–water partition coefficient (Wildman–Crippen LogP) is 0.111. The number of rotatable bonds is 4. The van der Waals surface area contributed by atoms with Crippen molar-refractivity contribution in [3.05, 3.63) is 0 Å². The first-order chi connectivity index (χ1) is 6.84. The van der Waals surface area contributed by atoms with E-state index >= 15 is 0 Å². The second-order valence-corrected chi connectivity index (χ2v) is 11.6. The van der Waals surface area contributed by atoms with Gasteiger partial charge in [-0.25, -0.2) is 0 Å². The minimum absolute atomic E-state index is 0.132. The van der Waals surface area contributed by atoms with Crippen molar-refractivity contribution in [2.24, 2.45) is 0 Å². The molecular formula is C10H24N2Si2. The molecule has 0 saturated carbocycles. The van der Waals surface area contributed by atoms with Gasteiger partial charge in [0.05, 0.1) is 19.4 Å². The van der Waals surface area contributed by atoms with Gasteiger partial charge in [-0.3, -0.25) is 0 Å². The molecule has 0 radical (unpaired) electrons. The van der Waals surface area contributed by atoms with Crippen molar-refractivity contribution in [2.75, 3.05) is 26.2 Å². The van der Waals surface area contributed by atoms with E-state index in [-0.39, 0.29) is 19.4 Å². The quantitative estimate of drug-likeness (QED) is 0.631. The first-order valence-electron chi connectivity index (χ1n) is 6.29. The van der Waals surface area contributed by atoms with Crippen molar-refractivity contribution < 1.29 is 0 Å². The molecule has 0 amide bonds. The average Bonchev–Trinajstić information content (AvgIpc) is 2.76. The molecule has 0 N–H and O–H groups in total. The highest BCUT2D eigenvalue weighted by molar-refractivity contribution is 6.55. The van der Waals surface area contributed by atoms with E-state index in [1.54, 1.807) is 0 Å². The highest BCUT2D eigenvalue weighted by atomic mass is 28.3. The maximum Gasteiger partial charge on any atom is 0.0959 e. The van der Waals surface area contributed by atoms with E-state index in [1.807, 2.05) is 0 Å². The molecule has 2 saturated heterocycles. The van der Waals surface area contributed by atoms with E-state index in [0.29, 0.717) is 0 Å². The third-order valence-corrected chi connectivity index (χ3v) is 8.63. The zero-order valence-electron chi connectivity index (χ0n) is 9.54. The summed E-state index contributed by atoms with van der Waals surface area (Å²) in [6, 6.07) is 0. The Morgan fingerprint density at radius 3 is 1.50 bits per heavy atom. The number of nitrogens with zero attached hydrogens (tertiary/aromatic N) is 2. The molecule has 2 rings (SSSR count). The molecule has 0 atom stereocenters. The van der Waals surface area contributed by atoms with Crippen LogP contribution < -0.4 is 0 Å². The maximum atomic E-state index is 2.81. The third-order valence-electron chi connectivity index (χ3n) is 3.54. The summed E-state index contributed by atoms with van der Waals surface area (Å²) in [6.07, 6.45) is 5.91. The molecule has 2 nitrogen and oxygen atoms in total. The summed E-state index contributed by atoms with van der Waals surface area (Å²) >= 11 is 0. The third kappa shape index (κ3) is 3.19. The molecule has 2 aliphatic heterocycles. The van der Waals surface area contributed by atoms with Gasteiger partial charge < -0.3 is 9.13 Å². The van der Waals surface area contributed by atoms with Gasteiger partial charge in [0.2, 0.25) is 0 Å². The van der Waals surface area contributed by atoms with Crippen LogP contribution in [0.15, 0.2) is 0 Å². The monoisotopic (exact) mass is 228 g/mol. The van der Waals surface area contributed by atoms with Gasteiger partial charge in [0.1, 0.15) is 0 Å². The second-order valence-electron chi connectivity index (χ2n) is 5.12. The van der Waals surface area contributed by atoms with Gasteiger partial charge in [0.15, 0.2) is 0 Å². The Labute approximate surface area is 92.8 Å². The van der Waals surface area contributed by atoms with E-state index in [0.717, 1.165) is 5.16 Å². The first kappa shape index (κ1) is 10.9. The van der Waals surface area contributed by atoms with Gasteiger partial charge in [-0.15, -0.1) is 0 Å². The van der Waals surface area contributed by atoms with Crippen LogP contribution in [0.4, 0.5) is 0 Å². The van der Waals surface area contributed by atoms with Crippen LogP contribution in [-0.4, -0.2) is 54.7 Å². The molecule has 82 valence electrons. The largest absolute Gasteiger partial charge is 0.329 e. The molecule has 0 spiro atoms. The average molecular weight is 228 g/mol. The van der Waals surface area contributed by atoms with Crippen LogP contribution in [-0.2, 0) is 0 Å². The lowest BCUT2D eigenvalue weighted by atomic mass is 10.4. The van der Waals surface area contributed by atoms with Crippen molar-refractivity contribution in [1.29, 1.82) is 0 Å². The minimum Gasteiger partial charge on any atom is -0.329 e. The minimum atomic E-state index is 0.132. The molecule has 14 heavy (non-hydrogen) atoms. The highest BCUT2D eigenvalue weighted by Crippen LogP contribution is 2.14. The molecule has 0 bridgehead atoms. The Bertz CT molecular complexity index is 148. The van der Waals surface area contributed by atoms with Crippen molar-refractivity contribution in [2.45, 2.75) is 37.8 Å². The number of hydrogen-bond donors (Lipinski definition) is 0. The molecular weight excluding hydrogens is 204 g/mol. The zero-order valence-corrected chi connectivity index (χ0v) is 12.4. The number of hydrogen-bond acceptors (Lipinski definition) is 2.